The number of nitrogens with zero attached hydrogens (tertiary/aromatic N) is 1. The summed E-state index contributed by atoms with van der Waals surface area (Å²) in [5.74, 6) is -1.25. The third-order valence-corrected chi connectivity index (χ3v) is 5.53. The summed E-state index contributed by atoms with van der Waals surface area (Å²) in [5.41, 5.74) is 1.38. The zero-order valence-corrected chi connectivity index (χ0v) is 17.1. The maximum atomic E-state index is 13.7. The molecule has 2 aromatic rings. The summed E-state index contributed by atoms with van der Waals surface area (Å²) >= 11 is 0. The maximum absolute atomic E-state index is 13.7. The van der Waals surface area contributed by atoms with Gasteiger partial charge in [0.05, 0.1) is 5.41 Å². The van der Waals surface area contributed by atoms with Crippen molar-refractivity contribution >= 4 is 23.3 Å². The zero-order valence-electron chi connectivity index (χ0n) is 17.1. The summed E-state index contributed by atoms with van der Waals surface area (Å²) in [5, 5.41) is 2.77. The molecular formula is C23H27FN2O3. The monoisotopic (exact) mass is 398 g/mol. The van der Waals surface area contributed by atoms with E-state index in [1.807, 2.05) is 31.1 Å². The van der Waals surface area contributed by atoms with Gasteiger partial charge in [0.25, 0.3) is 5.91 Å². The van der Waals surface area contributed by atoms with Crippen LogP contribution >= 0.6 is 0 Å². The van der Waals surface area contributed by atoms with Gasteiger partial charge in [-0.05, 0) is 61.7 Å². The molecule has 0 saturated heterocycles. The number of hydrogen-bond acceptors (Lipinski definition) is 4. The number of carbonyl (C=O) groups is 2. The van der Waals surface area contributed by atoms with Crippen molar-refractivity contribution in [3.63, 3.8) is 0 Å². The highest BCUT2D eigenvalue weighted by Gasteiger charge is 2.45. The first-order valence-corrected chi connectivity index (χ1v) is 9.87. The minimum atomic E-state index is -0.956. The Balaban J connectivity index is 1.69. The Kier molecular flexibility index (Phi) is 6.20. The Morgan fingerprint density at radius 2 is 1.76 bits per heavy atom. The molecule has 0 bridgehead atoms. The lowest BCUT2D eigenvalue weighted by Gasteiger charge is -2.28. The van der Waals surface area contributed by atoms with Crippen molar-refractivity contribution in [2.24, 2.45) is 0 Å². The highest BCUT2D eigenvalue weighted by Crippen LogP contribution is 2.42. The molecule has 1 unspecified atom stereocenters. The fourth-order valence-corrected chi connectivity index (χ4v) is 3.79. The second-order valence-electron chi connectivity index (χ2n) is 7.78. The van der Waals surface area contributed by atoms with Gasteiger partial charge in [0, 0.05) is 25.5 Å². The first kappa shape index (κ1) is 20.8. The number of hydrogen-bond donors (Lipinski definition) is 1. The van der Waals surface area contributed by atoms with E-state index in [0.717, 1.165) is 18.5 Å². The lowest BCUT2D eigenvalue weighted by Crippen LogP contribution is -2.40. The number of esters is 1. The van der Waals surface area contributed by atoms with Crippen molar-refractivity contribution in [2.75, 3.05) is 24.3 Å². The number of rotatable bonds is 6. The summed E-state index contributed by atoms with van der Waals surface area (Å²) < 4.78 is 19.3. The number of benzene rings is 2. The quantitative estimate of drug-likeness (QED) is 0.738. The molecule has 29 heavy (non-hydrogen) atoms. The highest BCUT2D eigenvalue weighted by molar-refractivity contribution is 5.96. The molecule has 1 saturated carbocycles. The van der Waals surface area contributed by atoms with Crippen LogP contribution in [0.25, 0.3) is 0 Å². The Bertz CT molecular complexity index is 874. The average molecular weight is 398 g/mol. The van der Waals surface area contributed by atoms with Crippen LogP contribution in [0.4, 0.5) is 15.8 Å². The molecule has 0 heterocycles. The van der Waals surface area contributed by atoms with Crippen molar-refractivity contribution in [3.05, 3.63) is 59.9 Å². The minimum absolute atomic E-state index is 0.381. The van der Waals surface area contributed by atoms with Crippen molar-refractivity contribution in [1.29, 1.82) is 0 Å². The lowest BCUT2D eigenvalue weighted by molar-refractivity contribution is -0.159. The molecule has 1 fully saturated rings. The van der Waals surface area contributed by atoms with E-state index in [9.17, 15) is 14.0 Å². The van der Waals surface area contributed by atoms with E-state index in [2.05, 4.69) is 5.32 Å². The predicted octanol–water partition coefficient (Wildman–Crippen LogP) is 4.27. The molecule has 154 valence electrons. The highest BCUT2D eigenvalue weighted by atomic mass is 19.1. The van der Waals surface area contributed by atoms with E-state index in [1.165, 1.54) is 12.1 Å². The topological polar surface area (TPSA) is 58.6 Å². The molecule has 3 rings (SSSR count). The van der Waals surface area contributed by atoms with Gasteiger partial charge in [-0.2, -0.15) is 0 Å². The summed E-state index contributed by atoms with van der Waals surface area (Å²) in [4.78, 5) is 27.5. The predicted molar refractivity (Wildman–Crippen MR) is 111 cm³/mol. The molecule has 1 amide bonds. The van der Waals surface area contributed by atoms with Crippen molar-refractivity contribution < 1.29 is 18.7 Å². The van der Waals surface area contributed by atoms with Crippen LogP contribution in [-0.2, 0) is 19.7 Å². The van der Waals surface area contributed by atoms with Gasteiger partial charge >= 0.3 is 5.97 Å². The average Bonchev–Trinajstić information content (AvgIpc) is 3.19. The second kappa shape index (κ2) is 8.64. The van der Waals surface area contributed by atoms with E-state index in [4.69, 9.17) is 4.74 Å². The summed E-state index contributed by atoms with van der Waals surface area (Å²) in [6.45, 7) is 1.55. The Morgan fingerprint density at radius 1 is 1.10 bits per heavy atom. The number of carbonyl (C=O) groups excluding carboxylic acids is 2. The number of ether oxygens (including phenoxy) is 1. The molecule has 0 spiro atoms. The van der Waals surface area contributed by atoms with E-state index < -0.39 is 23.4 Å². The van der Waals surface area contributed by atoms with Crippen LogP contribution in [0.5, 0.6) is 0 Å². The molecule has 1 aliphatic carbocycles. The second-order valence-corrected chi connectivity index (χ2v) is 7.78. The molecule has 6 heteroatoms. The number of nitrogens with one attached hydrogen (secondary N) is 1. The molecule has 1 atom stereocenters. The lowest BCUT2D eigenvalue weighted by atomic mass is 9.79. The fourth-order valence-electron chi connectivity index (χ4n) is 3.79. The summed E-state index contributed by atoms with van der Waals surface area (Å²) in [6, 6.07) is 13.5. The van der Waals surface area contributed by atoms with Gasteiger partial charge in [0.1, 0.15) is 5.82 Å². The van der Waals surface area contributed by atoms with Crippen molar-refractivity contribution in [1.82, 2.24) is 0 Å². The van der Waals surface area contributed by atoms with Gasteiger partial charge < -0.3 is 15.0 Å². The largest absolute Gasteiger partial charge is 0.452 e. The van der Waals surface area contributed by atoms with Crippen LogP contribution in [0, 0.1) is 5.82 Å². The van der Waals surface area contributed by atoms with E-state index in [-0.39, 0.29) is 5.82 Å². The first-order valence-electron chi connectivity index (χ1n) is 9.87. The zero-order chi connectivity index (χ0) is 21.0. The molecule has 1 N–H and O–H groups in total. The van der Waals surface area contributed by atoms with Gasteiger partial charge in [-0.15, -0.1) is 0 Å². The molecule has 0 aromatic heterocycles. The first-order chi connectivity index (χ1) is 13.8. The van der Waals surface area contributed by atoms with E-state index in [1.54, 1.807) is 31.2 Å². The van der Waals surface area contributed by atoms with Crippen molar-refractivity contribution in [3.8, 4) is 0 Å². The third-order valence-electron chi connectivity index (χ3n) is 5.53. The van der Waals surface area contributed by atoms with Gasteiger partial charge in [-0.1, -0.05) is 25.0 Å². The third kappa shape index (κ3) is 4.58. The van der Waals surface area contributed by atoms with Gasteiger partial charge in [0.2, 0.25) is 0 Å². The maximum Gasteiger partial charge on any atom is 0.317 e. The molecule has 0 radical (unpaired) electrons. The van der Waals surface area contributed by atoms with Crippen LogP contribution in [-0.4, -0.2) is 32.1 Å². The standard InChI is InChI=1S/C23H27FN2O3/c1-16(21(27)25-19-9-11-20(12-10-19)26(2)3)29-22(28)23(13-4-5-14-23)17-7-6-8-18(24)15-17/h6-12,15-16H,4-5,13-14H2,1-3H3,(H,25,27). The minimum Gasteiger partial charge on any atom is -0.452 e. The number of anilines is 2. The van der Waals surface area contributed by atoms with Crippen LogP contribution in [0.3, 0.4) is 0 Å². The van der Waals surface area contributed by atoms with Crippen molar-refractivity contribution in [2.45, 2.75) is 44.1 Å². The van der Waals surface area contributed by atoms with Gasteiger partial charge in [0.15, 0.2) is 6.10 Å². The Morgan fingerprint density at radius 3 is 2.34 bits per heavy atom. The number of halogens is 1. The molecule has 5 nitrogen and oxygen atoms in total. The normalized spacial score (nSPS) is 16.1. The molecule has 2 aromatic carbocycles. The smallest absolute Gasteiger partial charge is 0.317 e. The van der Waals surface area contributed by atoms with E-state index in [0.29, 0.717) is 24.1 Å². The van der Waals surface area contributed by atoms with E-state index >= 15 is 0 Å². The Hall–Kier alpha value is -2.89. The van der Waals surface area contributed by atoms with Crippen LogP contribution < -0.4 is 10.2 Å². The summed E-state index contributed by atoms with van der Waals surface area (Å²) in [6.07, 6.45) is 1.96. The van der Waals surface area contributed by atoms with Crippen LogP contribution in [0.15, 0.2) is 48.5 Å². The molecular weight excluding hydrogens is 371 g/mol. The van der Waals surface area contributed by atoms with Gasteiger partial charge in [-0.25, -0.2) is 4.39 Å². The van der Waals surface area contributed by atoms with Gasteiger partial charge in [-0.3, -0.25) is 9.59 Å². The number of amides is 1. The van der Waals surface area contributed by atoms with Crippen LogP contribution in [0.1, 0.15) is 38.2 Å². The summed E-state index contributed by atoms with van der Waals surface area (Å²) in [7, 11) is 3.87. The van der Waals surface area contributed by atoms with Crippen LogP contribution in [0.2, 0.25) is 0 Å². The molecule has 0 aliphatic heterocycles. The molecule has 1 aliphatic rings. The fraction of sp³-hybridized carbons (Fsp3) is 0.391. The Labute approximate surface area is 170 Å². The SMILES string of the molecule is CC(OC(=O)C1(c2cccc(F)c2)CCCC1)C(=O)Nc1ccc(N(C)C)cc1.